The van der Waals surface area contributed by atoms with E-state index in [-0.39, 0.29) is 18.7 Å². The number of nitrogens with zero attached hydrogens (tertiary/aromatic N) is 2. The Bertz CT molecular complexity index is 722. The van der Waals surface area contributed by atoms with Crippen molar-refractivity contribution >= 4 is 0 Å². The van der Waals surface area contributed by atoms with E-state index in [2.05, 4.69) is 4.98 Å². The van der Waals surface area contributed by atoms with E-state index >= 15 is 0 Å². The first-order valence-electron chi connectivity index (χ1n) is 7.29. The Morgan fingerprint density at radius 3 is 2.73 bits per heavy atom. The van der Waals surface area contributed by atoms with Gasteiger partial charge in [0.15, 0.2) is 0 Å². The van der Waals surface area contributed by atoms with Gasteiger partial charge in [-0.3, -0.25) is 9.36 Å². The van der Waals surface area contributed by atoms with Crippen LogP contribution < -0.4 is 10.3 Å². The fraction of sp³-hybridized carbons (Fsp3) is 0.412. The number of aliphatic hydroxyl groups excluding tert-OH is 1. The van der Waals surface area contributed by atoms with Crippen molar-refractivity contribution in [3.63, 3.8) is 0 Å². The summed E-state index contributed by atoms with van der Waals surface area (Å²) in [7, 11) is 0. The topological polar surface area (TPSA) is 64.3 Å². The normalized spacial score (nSPS) is 12.2. The van der Waals surface area contributed by atoms with Gasteiger partial charge in [-0.1, -0.05) is 12.1 Å². The third-order valence-corrected chi connectivity index (χ3v) is 3.70. The molecule has 5 nitrogen and oxygen atoms in total. The molecule has 118 valence electrons. The summed E-state index contributed by atoms with van der Waals surface area (Å²) in [6.45, 7) is 7.77. The fourth-order valence-corrected chi connectivity index (χ4v) is 2.13. The van der Waals surface area contributed by atoms with E-state index in [4.69, 9.17) is 4.74 Å². The highest BCUT2D eigenvalue weighted by Crippen LogP contribution is 2.19. The summed E-state index contributed by atoms with van der Waals surface area (Å²) in [4.78, 5) is 16.2. The molecule has 2 rings (SSSR count). The maximum atomic E-state index is 12.1. The Kier molecular flexibility index (Phi) is 4.98. The number of hydrogen-bond acceptors (Lipinski definition) is 4. The highest BCUT2D eigenvalue weighted by atomic mass is 16.5. The molecule has 1 atom stereocenters. The third-order valence-electron chi connectivity index (χ3n) is 3.70. The maximum Gasteiger partial charge on any atom is 0.256 e. The monoisotopic (exact) mass is 302 g/mol. The molecule has 0 spiro atoms. The van der Waals surface area contributed by atoms with Gasteiger partial charge in [-0.15, -0.1) is 0 Å². The molecule has 5 heteroatoms. The third kappa shape index (κ3) is 3.74. The lowest BCUT2D eigenvalue weighted by atomic mass is 10.1. The Morgan fingerprint density at radius 1 is 1.27 bits per heavy atom. The molecule has 0 aliphatic rings. The zero-order valence-electron chi connectivity index (χ0n) is 13.5. The number of benzene rings is 1. The molecule has 0 aliphatic heterocycles. The molecular formula is C17H22N2O3. The predicted molar refractivity (Wildman–Crippen MR) is 85.4 cm³/mol. The van der Waals surface area contributed by atoms with Gasteiger partial charge in [-0.25, -0.2) is 4.98 Å². The van der Waals surface area contributed by atoms with Crippen molar-refractivity contribution in [1.29, 1.82) is 0 Å². The Morgan fingerprint density at radius 2 is 2.00 bits per heavy atom. The summed E-state index contributed by atoms with van der Waals surface area (Å²) in [5, 5.41) is 10.1. The molecule has 0 saturated heterocycles. The van der Waals surface area contributed by atoms with E-state index in [1.165, 1.54) is 10.9 Å². The lowest BCUT2D eigenvalue weighted by Crippen LogP contribution is -2.31. The Hall–Kier alpha value is -2.14. The smallest absolute Gasteiger partial charge is 0.256 e. The van der Waals surface area contributed by atoms with Crippen LogP contribution in [0.5, 0.6) is 5.75 Å². The van der Waals surface area contributed by atoms with E-state index in [1.807, 2.05) is 32.0 Å². The molecule has 0 radical (unpaired) electrons. The molecule has 1 heterocycles. The number of ether oxygens (including phenoxy) is 1. The molecule has 1 aromatic heterocycles. The minimum atomic E-state index is -0.776. The molecule has 1 N–H and O–H groups in total. The van der Waals surface area contributed by atoms with Gasteiger partial charge < -0.3 is 9.84 Å². The maximum absolute atomic E-state index is 12.1. The van der Waals surface area contributed by atoms with E-state index in [9.17, 15) is 9.90 Å². The van der Waals surface area contributed by atoms with Gasteiger partial charge in [-0.05, 0) is 44.9 Å². The summed E-state index contributed by atoms with van der Waals surface area (Å²) in [5.41, 5.74) is 3.30. The van der Waals surface area contributed by atoms with Crippen molar-refractivity contribution in [3.05, 3.63) is 57.3 Å². The summed E-state index contributed by atoms with van der Waals surface area (Å²) >= 11 is 0. The molecular weight excluding hydrogens is 280 g/mol. The molecule has 22 heavy (non-hydrogen) atoms. The van der Waals surface area contributed by atoms with Crippen LogP contribution in [0.25, 0.3) is 0 Å². The highest BCUT2D eigenvalue weighted by Gasteiger charge is 2.11. The minimum absolute atomic E-state index is 0.127. The van der Waals surface area contributed by atoms with Crippen LogP contribution >= 0.6 is 0 Å². The first-order chi connectivity index (χ1) is 10.4. The lowest BCUT2D eigenvalue weighted by Gasteiger charge is -2.16. The van der Waals surface area contributed by atoms with E-state index in [1.54, 1.807) is 13.8 Å². The molecule has 0 amide bonds. The molecule has 1 aromatic carbocycles. The lowest BCUT2D eigenvalue weighted by molar-refractivity contribution is 0.0909. The van der Waals surface area contributed by atoms with Crippen LogP contribution in [-0.2, 0) is 6.54 Å². The molecule has 0 fully saturated rings. The predicted octanol–water partition coefficient (Wildman–Crippen LogP) is 1.92. The number of hydrogen-bond donors (Lipinski definition) is 1. The van der Waals surface area contributed by atoms with E-state index in [0.29, 0.717) is 11.3 Å². The van der Waals surface area contributed by atoms with Crippen molar-refractivity contribution in [2.24, 2.45) is 0 Å². The van der Waals surface area contributed by atoms with Crippen LogP contribution in [0, 0.1) is 27.7 Å². The summed E-state index contributed by atoms with van der Waals surface area (Å²) < 4.78 is 7.08. The second kappa shape index (κ2) is 6.75. The van der Waals surface area contributed by atoms with Gasteiger partial charge >= 0.3 is 0 Å². The largest absolute Gasteiger partial charge is 0.491 e. The zero-order valence-corrected chi connectivity index (χ0v) is 13.5. The first-order valence-corrected chi connectivity index (χ1v) is 7.29. The van der Waals surface area contributed by atoms with Crippen LogP contribution in [0.2, 0.25) is 0 Å². The molecule has 0 unspecified atom stereocenters. The van der Waals surface area contributed by atoms with Gasteiger partial charge in [-0.2, -0.15) is 0 Å². The quantitative estimate of drug-likeness (QED) is 0.916. The number of rotatable bonds is 5. The van der Waals surface area contributed by atoms with Gasteiger partial charge in [0, 0.05) is 11.3 Å². The van der Waals surface area contributed by atoms with Crippen molar-refractivity contribution in [3.8, 4) is 5.75 Å². The van der Waals surface area contributed by atoms with E-state index < -0.39 is 6.10 Å². The fourth-order valence-electron chi connectivity index (χ4n) is 2.13. The summed E-state index contributed by atoms with van der Waals surface area (Å²) in [5.74, 6) is 0.754. The molecule has 0 aliphatic carbocycles. The van der Waals surface area contributed by atoms with Gasteiger partial charge in [0.2, 0.25) is 0 Å². The number of aromatic nitrogens is 2. The van der Waals surface area contributed by atoms with Crippen LogP contribution in [-0.4, -0.2) is 27.4 Å². The average molecular weight is 302 g/mol. The second-order valence-electron chi connectivity index (χ2n) is 5.65. The SMILES string of the molecule is Cc1ccc(C)c(OC[C@@H](O)Cn2cnc(C)c(C)c2=O)c1. The Balaban J connectivity index is 2.02. The van der Waals surface area contributed by atoms with Gasteiger partial charge in [0.1, 0.15) is 18.5 Å². The van der Waals surface area contributed by atoms with Crippen molar-refractivity contribution in [2.45, 2.75) is 40.3 Å². The zero-order chi connectivity index (χ0) is 16.3. The standard InChI is InChI=1S/C17H22N2O3/c1-11-5-6-12(2)16(7-11)22-9-15(20)8-19-10-18-14(4)13(3)17(19)21/h5-7,10,15,20H,8-9H2,1-4H3/t15-/m0/s1. The summed E-state index contributed by atoms with van der Waals surface area (Å²) in [6, 6.07) is 5.93. The van der Waals surface area contributed by atoms with Crippen LogP contribution in [0.3, 0.4) is 0 Å². The van der Waals surface area contributed by atoms with Crippen LogP contribution in [0.15, 0.2) is 29.3 Å². The van der Waals surface area contributed by atoms with Gasteiger partial charge in [0.25, 0.3) is 5.56 Å². The highest BCUT2D eigenvalue weighted by molar-refractivity contribution is 5.35. The average Bonchev–Trinajstić information content (AvgIpc) is 2.49. The molecule has 0 bridgehead atoms. The second-order valence-corrected chi connectivity index (χ2v) is 5.65. The van der Waals surface area contributed by atoms with Crippen molar-refractivity contribution in [1.82, 2.24) is 9.55 Å². The minimum Gasteiger partial charge on any atom is -0.491 e. The number of aryl methyl sites for hydroxylation is 3. The molecule has 2 aromatic rings. The van der Waals surface area contributed by atoms with E-state index in [0.717, 1.165) is 16.9 Å². The van der Waals surface area contributed by atoms with Crippen molar-refractivity contribution < 1.29 is 9.84 Å². The van der Waals surface area contributed by atoms with Gasteiger partial charge in [0.05, 0.1) is 12.9 Å². The van der Waals surface area contributed by atoms with Crippen LogP contribution in [0.4, 0.5) is 0 Å². The first kappa shape index (κ1) is 16.2. The molecule has 0 saturated carbocycles. The van der Waals surface area contributed by atoms with Crippen LogP contribution in [0.1, 0.15) is 22.4 Å². The Labute approximate surface area is 130 Å². The summed E-state index contributed by atoms with van der Waals surface area (Å²) in [6.07, 6.45) is 0.688. The van der Waals surface area contributed by atoms with Crippen molar-refractivity contribution in [2.75, 3.05) is 6.61 Å². The number of aliphatic hydroxyl groups is 1.